The molecule has 3 heterocycles. The summed E-state index contributed by atoms with van der Waals surface area (Å²) in [7, 11) is 0. The van der Waals surface area contributed by atoms with Crippen LogP contribution in [0.5, 0.6) is 0 Å². The first-order valence-corrected chi connectivity index (χ1v) is 7.53. The van der Waals surface area contributed by atoms with E-state index in [0.717, 1.165) is 17.9 Å². The number of furan rings is 1. The maximum Gasteiger partial charge on any atom is 0.287 e. The maximum atomic E-state index is 12.2. The minimum Gasteiger partial charge on any atom is -0.454 e. The zero-order valence-electron chi connectivity index (χ0n) is 13.2. The van der Waals surface area contributed by atoms with Crippen LogP contribution in [-0.2, 0) is 19.6 Å². The molecule has 0 aliphatic rings. The van der Waals surface area contributed by atoms with Crippen molar-refractivity contribution in [3.05, 3.63) is 59.6 Å². The van der Waals surface area contributed by atoms with Gasteiger partial charge in [0.05, 0.1) is 24.5 Å². The molecule has 0 spiro atoms. The number of hydrogen-bond acceptors (Lipinski definition) is 4. The van der Waals surface area contributed by atoms with Gasteiger partial charge in [-0.2, -0.15) is 10.2 Å². The Labute approximate surface area is 133 Å². The van der Waals surface area contributed by atoms with Gasteiger partial charge < -0.3 is 9.73 Å². The molecule has 1 amide bonds. The van der Waals surface area contributed by atoms with Crippen molar-refractivity contribution < 1.29 is 9.21 Å². The fourth-order valence-electron chi connectivity index (χ4n) is 2.41. The van der Waals surface area contributed by atoms with Crippen LogP contribution in [0.1, 0.15) is 34.6 Å². The zero-order valence-corrected chi connectivity index (χ0v) is 13.2. The standard InChI is InChI=1S/C16H19N5O2/c1-3-21-13(9-12(2)19-21)10-17-16(22)15-6-5-14(23-15)11-20-8-4-7-18-20/h4-9H,3,10-11H2,1-2H3,(H,17,22). The zero-order chi connectivity index (χ0) is 16.2. The van der Waals surface area contributed by atoms with Crippen LogP contribution in [0.4, 0.5) is 0 Å². The second-order valence-corrected chi connectivity index (χ2v) is 5.25. The normalized spacial score (nSPS) is 10.9. The molecule has 3 rings (SSSR count). The predicted octanol–water partition coefficient (Wildman–Crippen LogP) is 1.98. The Bertz CT molecular complexity index is 785. The largest absolute Gasteiger partial charge is 0.454 e. The van der Waals surface area contributed by atoms with Gasteiger partial charge in [0.2, 0.25) is 0 Å². The highest BCUT2D eigenvalue weighted by molar-refractivity contribution is 5.91. The first kappa shape index (κ1) is 15.1. The molecule has 0 aliphatic carbocycles. The molecule has 0 atom stereocenters. The lowest BCUT2D eigenvalue weighted by molar-refractivity contribution is 0.0920. The Morgan fingerprint density at radius 2 is 2.26 bits per heavy atom. The van der Waals surface area contributed by atoms with E-state index in [-0.39, 0.29) is 5.91 Å². The molecule has 0 bridgehead atoms. The summed E-state index contributed by atoms with van der Waals surface area (Å²) in [5, 5.41) is 11.3. The number of nitrogens with one attached hydrogen (secondary N) is 1. The van der Waals surface area contributed by atoms with Crippen LogP contribution in [0.15, 0.2) is 41.1 Å². The Morgan fingerprint density at radius 3 is 3.00 bits per heavy atom. The highest BCUT2D eigenvalue weighted by atomic mass is 16.4. The average Bonchev–Trinajstić information content (AvgIpc) is 3.26. The summed E-state index contributed by atoms with van der Waals surface area (Å²) in [6.07, 6.45) is 3.55. The first-order chi connectivity index (χ1) is 11.2. The molecule has 0 aromatic carbocycles. The van der Waals surface area contributed by atoms with Crippen molar-refractivity contribution >= 4 is 5.91 Å². The van der Waals surface area contributed by atoms with E-state index in [2.05, 4.69) is 15.5 Å². The topological polar surface area (TPSA) is 77.9 Å². The molecule has 3 aromatic rings. The van der Waals surface area contributed by atoms with Gasteiger partial charge in [0, 0.05) is 18.9 Å². The maximum absolute atomic E-state index is 12.2. The molecule has 120 valence electrons. The van der Waals surface area contributed by atoms with Crippen molar-refractivity contribution in [3.63, 3.8) is 0 Å². The Balaban J connectivity index is 1.61. The van der Waals surface area contributed by atoms with Crippen molar-refractivity contribution in [2.45, 2.75) is 33.5 Å². The molecular weight excluding hydrogens is 294 g/mol. The van der Waals surface area contributed by atoms with E-state index in [4.69, 9.17) is 4.42 Å². The third-order valence-corrected chi connectivity index (χ3v) is 3.48. The summed E-state index contributed by atoms with van der Waals surface area (Å²) in [5.74, 6) is 0.748. The minimum absolute atomic E-state index is 0.238. The van der Waals surface area contributed by atoms with Gasteiger partial charge in [-0.1, -0.05) is 0 Å². The monoisotopic (exact) mass is 313 g/mol. The summed E-state index contributed by atoms with van der Waals surface area (Å²) >= 11 is 0. The second kappa shape index (κ2) is 6.51. The van der Waals surface area contributed by atoms with Crippen LogP contribution < -0.4 is 5.32 Å². The summed E-state index contributed by atoms with van der Waals surface area (Å²) in [6.45, 7) is 5.65. The molecule has 0 fully saturated rings. The molecule has 1 N–H and O–H groups in total. The number of carbonyl (C=O) groups is 1. The van der Waals surface area contributed by atoms with Crippen molar-refractivity contribution in [2.75, 3.05) is 0 Å². The summed E-state index contributed by atoms with van der Waals surface area (Å²) in [4.78, 5) is 12.2. The highest BCUT2D eigenvalue weighted by Crippen LogP contribution is 2.10. The van der Waals surface area contributed by atoms with Crippen LogP contribution >= 0.6 is 0 Å². The number of carbonyl (C=O) groups excluding carboxylic acids is 1. The van der Waals surface area contributed by atoms with Gasteiger partial charge in [-0.3, -0.25) is 14.2 Å². The molecule has 0 aliphatic heterocycles. The third-order valence-electron chi connectivity index (χ3n) is 3.48. The molecule has 0 saturated carbocycles. The van der Waals surface area contributed by atoms with E-state index in [0.29, 0.717) is 24.6 Å². The van der Waals surface area contributed by atoms with E-state index < -0.39 is 0 Å². The van der Waals surface area contributed by atoms with Crippen LogP contribution in [0.25, 0.3) is 0 Å². The Morgan fingerprint density at radius 1 is 1.39 bits per heavy atom. The van der Waals surface area contributed by atoms with Gasteiger partial charge in [0.15, 0.2) is 5.76 Å². The van der Waals surface area contributed by atoms with Crippen LogP contribution in [0, 0.1) is 6.92 Å². The minimum atomic E-state index is -0.238. The lowest BCUT2D eigenvalue weighted by Crippen LogP contribution is -2.24. The smallest absolute Gasteiger partial charge is 0.287 e. The van der Waals surface area contributed by atoms with Crippen molar-refractivity contribution in [3.8, 4) is 0 Å². The number of aryl methyl sites for hydroxylation is 2. The van der Waals surface area contributed by atoms with Gasteiger partial charge in [-0.25, -0.2) is 0 Å². The van der Waals surface area contributed by atoms with E-state index in [1.165, 1.54) is 0 Å². The SMILES string of the molecule is CCn1nc(C)cc1CNC(=O)c1ccc(Cn2cccn2)o1. The van der Waals surface area contributed by atoms with Gasteiger partial charge in [-0.05, 0) is 38.1 Å². The molecule has 0 radical (unpaired) electrons. The molecule has 0 saturated heterocycles. The van der Waals surface area contributed by atoms with E-state index in [9.17, 15) is 4.79 Å². The van der Waals surface area contributed by atoms with Gasteiger partial charge in [-0.15, -0.1) is 0 Å². The average molecular weight is 313 g/mol. The lowest BCUT2D eigenvalue weighted by atomic mass is 10.3. The third kappa shape index (κ3) is 3.50. The molecule has 7 nitrogen and oxygen atoms in total. The fourth-order valence-corrected chi connectivity index (χ4v) is 2.41. The quantitative estimate of drug-likeness (QED) is 0.755. The number of hydrogen-bond donors (Lipinski definition) is 1. The van der Waals surface area contributed by atoms with Gasteiger partial charge in [0.1, 0.15) is 5.76 Å². The van der Waals surface area contributed by atoms with Crippen molar-refractivity contribution in [1.82, 2.24) is 24.9 Å². The van der Waals surface area contributed by atoms with E-state index in [1.54, 1.807) is 23.0 Å². The Kier molecular flexibility index (Phi) is 4.27. The molecular formula is C16H19N5O2. The van der Waals surface area contributed by atoms with Crippen LogP contribution in [-0.4, -0.2) is 25.5 Å². The first-order valence-electron chi connectivity index (χ1n) is 7.53. The highest BCUT2D eigenvalue weighted by Gasteiger charge is 2.12. The van der Waals surface area contributed by atoms with E-state index in [1.807, 2.05) is 36.9 Å². The summed E-state index contributed by atoms with van der Waals surface area (Å²) in [5.41, 5.74) is 1.91. The Hall–Kier alpha value is -2.83. The summed E-state index contributed by atoms with van der Waals surface area (Å²) in [6, 6.07) is 7.28. The van der Waals surface area contributed by atoms with Crippen LogP contribution in [0.2, 0.25) is 0 Å². The number of rotatable bonds is 6. The van der Waals surface area contributed by atoms with Gasteiger partial charge >= 0.3 is 0 Å². The fraction of sp³-hybridized carbons (Fsp3) is 0.312. The van der Waals surface area contributed by atoms with Crippen LogP contribution in [0.3, 0.4) is 0 Å². The molecule has 3 aromatic heterocycles. The number of aromatic nitrogens is 4. The van der Waals surface area contributed by atoms with E-state index >= 15 is 0 Å². The summed E-state index contributed by atoms with van der Waals surface area (Å²) < 4.78 is 9.19. The molecule has 0 unspecified atom stereocenters. The molecule has 23 heavy (non-hydrogen) atoms. The van der Waals surface area contributed by atoms with Crippen molar-refractivity contribution in [2.24, 2.45) is 0 Å². The van der Waals surface area contributed by atoms with Gasteiger partial charge in [0.25, 0.3) is 5.91 Å². The second-order valence-electron chi connectivity index (χ2n) is 5.25. The lowest BCUT2D eigenvalue weighted by Gasteiger charge is -2.05. The van der Waals surface area contributed by atoms with Crippen molar-refractivity contribution in [1.29, 1.82) is 0 Å². The number of amides is 1. The predicted molar refractivity (Wildman–Crippen MR) is 83.8 cm³/mol. The number of nitrogens with zero attached hydrogens (tertiary/aromatic N) is 4. The molecule has 7 heteroatoms.